The standard InChI is InChI=1S/C26H28N2O2/c1-2-3-7-18-8-5-11-21-22-12-6-13-23(26(29)30)25(22)28(24(21)15-18)17-20-10-4-9-19(14-20)16-27/h4,6,9-10,12-14,18H,2-3,5,7-8,11,15,17H2,1H3,(H,29,30). The topological polar surface area (TPSA) is 66.0 Å². The van der Waals surface area contributed by atoms with Gasteiger partial charge in [0.2, 0.25) is 0 Å². The number of unbranched alkanes of at least 4 members (excludes halogenated alkanes) is 1. The highest BCUT2D eigenvalue weighted by Crippen LogP contribution is 2.36. The second-order valence-corrected chi connectivity index (χ2v) is 8.44. The molecule has 0 amide bonds. The first-order valence-corrected chi connectivity index (χ1v) is 11.0. The average Bonchev–Trinajstić information content (AvgIpc) is 2.90. The van der Waals surface area contributed by atoms with Crippen LogP contribution in [-0.2, 0) is 19.4 Å². The molecular formula is C26H28N2O2. The van der Waals surface area contributed by atoms with Crippen molar-refractivity contribution in [2.45, 2.75) is 58.4 Å². The van der Waals surface area contributed by atoms with E-state index in [9.17, 15) is 15.2 Å². The number of para-hydroxylation sites is 1. The highest BCUT2D eigenvalue weighted by molar-refractivity contribution is 6.04. The zero-order valence-electron chi connectivity index (χ0n) is 17.5. The van der Waals surface area contributed by atoms with E-state index in [2.05, 4.69) is 23.6 Å². The number of nitrogens with zero attached hydrogens (tertiary/aromatic N) is 2. The van der Waals surface area contributed by atoms with E-state index in [0.29, 0.717) is 23.6 Å². The fourth-order valence-corrected chi connectivity index (χ4v) is 4.99. The zero-order valence-corrected chi connectivity index (χ0v) is 17.5. The molecular weight excluding hydrogens is 372 g/mol. The van der Waals surface area contributed by atoms with Gasteiger partial charge in [-0.1, -0.05) is 50.5 Å². The molecule has 0 saturated carbocycles. The number of nitriles is 1. The summed E-state index contributed by atoms with van der Waals surface area (Å²) in [5.41, 5.74) is 5.47. The van der Waals surface area contributed by atoms with Crippen molar-refractivity contribution in [1.82, 2.24) is 4.57 Å². The van der Waals surface area contributed by atoms with Crippen molar-refractivity contribution in [3.63, 3.8) is 0 Å². The molecule has 0 fully saturated rings. The molecule has 1 aliphatic carbocycles. The van der Waals surface area contributed by atoms with Gasteiger partial charge in [0, 0.05) is 17.6 Å². The molecule has 3 aromatic rings. The Bertz CT molecular complexity index is 1120. The van der Waals surface area contributed by atoms with Crippen LogP contribution in [0.2, 0.25) is 0 Å². The molecule has 4 rings (SSSR count). The van der Waals surface area contributed by atoms with Crippen LogP contribution in [0.15, 0.2) is 42.5 Å². The molecule has 4 nitrogen and oxygen atoms in total. The minimum atomic E-state index is -0.886. The number of aryl methyl sites for hydroxylation is 1. The molecule has 30 heavy (non-hydrogen) atoms. The molecule has 154 valence electrons. The molecule has 1 atom stereocenters. The summed E-state index contributed by atoms with van der Waals surface area (Å²) in [6.45, 7) is 2.83. The molecule has 1 N–H and O–H groups in total. The smallest absolute Gasteiger partial charge is 0.337 e. The summed E-state index contributed by atoms with van der Waals surface area (Å²) in [6.07, 6.45) is 8.07. The van der Waals surface area contributed by atoms with Crippen molar-refractivity contribution in [1.29, 1.82) is 5.26 Å². The lowest BCUT2D eigenvalue weighted by atomic mass is 9.94. The monoisotopic (exact) mass is 400 g/mol. The maximum absolute atomic E-state index is 12.1. The van der Waals surface area contributed by atoms with E-state index in [1.54, 1.807) is 12.1 Å². The molecule has 1 aliphatic rings. The number of fused-ring (bicyclic) bond motifs is 3. The summed E-state index contributed by atoms with van der Waals surface area (Å²) in [5, 5.41) is 20.3. The number of benzene rings is 2. The van der Waals surface area contributed by atoms with Gasteiger partial charge in [-0.25, -0.2) is 4.79 Å². The number of hydrogen-bond donors (Lipinski definition) is 1. The maximum Gasteiger partial charge on any atom is 0.337 e. The van der Waals surface area contributed by atoms with Gasteiger partial charge in [0.05, 0.1) is 22.7 Å². The maximum atomic E-state index is 12.1. The second-order valence-electron chi connectivity index (χ2n) is 8.44. The Morgan fingerprint density at radius 3 is 2.87 bits per heavy atom. The molecule has 1 unspecified atom stereocenters. The summed E-state index contributed by atoms with van der Waals surface area (Å²) >= 11 is 0. The molecule has 0 aliphatic heterocycles. The van der Waals surface area contributed by atoms with Crippen LogP contribution in [0.5, 0.6) is 0 Å². The third-order valence-electron chi connectivity index (χ3n) is 6.42. The van der Waals surface area contributed by atoms with Crippen LogP contribution in [0.1, 0.15) is 71.8 Å². The van der Waals surface area contributed by atoms with Crippen LogP contribution in [0.25, 0.3) is 10.9 Å². The summed E-state index contributed by atoms with van der Waals surface area (Å²) in [4.78, 5) is 12.1. The van der Waals surface area contributed by atoms with Gasteiger partial charge in [0.1, 0.15) is 0 Å². The van der Waals surface area contributed by atoms with Crippen LogP contribution in [0.3, 0.4) is 0 Å². The average molecular weight is 401 g/mol. The van der Waals surface area contributed by atoms with Crippen LogP contribution in [0, 0.1) is 17.2 Å². The number of hydrogen-bond acceptors (Lipinski definition) is 2. The number of aromatic carboxylic acids is 1. The zero-order chi connectivity index (χ0) is 21.1. The van der Waals surface area contributed by atoms with E-state index < -0.39 is 5.97 Å². The van der Waals surface area contributed by atoms with E-state index in [0.717, 1.165) is 35.7 Å². The van der Waals surface area contributed by atoms with Crippen LogP contribution in [0.4, 0.5) is 0 Å². The second kappa shape index (κ2) is 8.75. The van der Waals surface area contributed by atoms with Crippen LogP contribution in [-0.4, -0.2) is 15.6 Å². The van der Waals surface area contributed by atoms with Gasteiger partial charge in [0.25, 0.3) is 0 Å². The van der Waals surface area contributed by atoms with Gasteiger partial charge in [-0.3, -0.25) is 0 Å². The first kappa shape index (κ1) is 20.2. The van der Waals surface area contributed by atoms with E-state index in [1.165, 1.54) is 36.9 Å². The van der Waals surface area contributed by atoms with Crippen molar-refractivity contribution >= 4 is 16.9 Å². The number of rotatable bonds is 6. The third kappa shape index (κ3) is 3.85. The molecule has 1 aromatic heterocycles. The molecule has 2 aromatic carbocycles. The normalized spacial score (nSPS) is 16.1. The van der Waals surface area contributed by atoms with Crippen molar-refractivity contribution in [3.8, 4) is 6.07 Å². The molecule has 0 radical (unpaired) electrons. The fraction of sp³-hybridized carbons (Fsp3) is 0.385. The molecule has 1 heterocycles. The Hall–Kier alpha value is -3.06. The van der Waals surface area contributed by atoms with Gasteiger partial charge in [0.15, 0.2) is 0 Å². The van der Waals surface area contributed by atoms with Crippen LogP contribution < -0.4 is 0 Å². The van der Waals surface area contributed by atoms with Crippen molar-refractivity contribution in [3.05, 3.63) is 70.4 Å². The predicted molar refractivity (Wildman–Crippen MR) is 119 cm³/mol. The van der Waals surface area contributed by atoms with E-state index in [1.807, 2.05) is 24.3 Å². The van der Waals surface area contributed by atoms with E-state index in [-0.39, 0.29) is 0 Å². The van der Waals surface area contributed by atoms with Crippen LogP contribution >= 0.6 is 0 Å². The van der Waals surface area contributed by atoms with Gasteiger partial charge in [-0.15, -0.1) is 0 Å². The Labute approximate surface area is 177 Å². The largest absolute Gasteiger partial charge is 0.478 e. The Morgan fingerprint density at radius 2 is 2.10 bits per heavy atom. The van der Waals surface area contributed by atoms with Crippen molar-refractivity contribution in [2.75, 3.05) is 0 Å². The number of carboxylic acids is 1. The summed E-state index contributed by atoms with van der Waals surface area (Å²) in [5.74, 6) is -0.240. The predicted octanol–water partition coefficient (Wildman–Crippen LogP) is 5.94. The summed E-state index contributed by atoms with van der Waals surface area (Å²) in [6, 6.07) is 15.5. The van der Waals surface area contributed by atoms with Gasteiger partial charge in [-0.05, 0) is 60.9 Å². The lowest BCUT2D eigenvalue weighted by Gasteiger charge is -2.17. The molecule has 4 heteroatoms. The highest BCUT2D eigenvalue weighted by atomic mass is 16.4. The Balaban J connectivity index is 1.88. The Kier molecular flexibility index (Phi) is 5.90. The minimum Gasteiger partial charge on any atom is -0.478 e. The van der Waals surface area contributed by atoms with Crippen molar-refractivity contribution in [2.24, 2.45) is 5.92 Å². The molecule has 0 saturated heterocycles. The van der Waals surface area contributed by atoms with E-state index >= 15 is 0 Å². The van der Waals surface area contributed by atoms with Gasteiger partial charge >= 0.3 is 5.97 Å². The molecule has 0 spiro atoms. The Morgan fingerprint density at radius 1 is 1.27 bits per heavy atom. The lowest BCUT2D eigenvalue weighted by Crippen LogP contribution is -2.12. The number of carbonyl (C=O) groups is 1. The van der Waals surface area contributed by atoms with E-state index in [4.69, 9.17) is 0 Å². The third-order valence-corrected chi connectivity index (χ3v) is 6.42. The quantitative estimate of drug-likeness (QED) is 0.520. The van der Waals surface area contributed by atoms with Crippen molar-refractivity contribution < 1.29 is 9.90 Å². The fourth-order valence-electron chi connectivity index (χ4n) is 4.99. The SMILES string of the molecule is CCCCC1CCCc2c(n(Cc3cccc(C#N)c3)c3c(C(=O)O)cccc23)C1. The summed E-state index contributed by atoms with van der Waals surface area (Å²) < 4.78 is 2.23. The minimum absolute atomic E-state index is 0.363. The van der Waals surface area contributed by atoms with Gasteiger partial charge in [-0.2, -0.15) is 5.26 Å². The highest BCUT2D eigenvalue weighted by Gasteiger charge is 2.26. The number of carboxylic acid groups (broad SMARTS) is 1. The molecule has 0 bridgehead atoms. The number of aromatic nitrogens is 1. The summed E-state index contributed by atoms with van der Waals surface area (Å²) in [7, 11) is 0. The lowest BCUT2D eigenvalue weighted by molar-refractivity contribution is 0.0698. The van der Waals surface area contributed by atoms with Gasteiger partial charge < -0.3 is 9.67 Å². The first-order chi connectivity index (χ1) is 14.6. The first-order valence-electron chi connectivity index (χ1n) is 11.0.